The first kappa shape index (κ1) is 17.4. The molecule has 0 unspecified atom stereocenters. The van der Waals surface area contributed by atoms with Gasteiger partial charge in [0.25, 0.3) is 0 Å². The van der Waals surface area contributed by atoms with Crippen LogP contribution in [-0.2, 0) is 4.74 Å². The second-order valence-electron chi connectivity index (χ2n) is 6.70. The van der Waals surface area contributed by atoms with E-state index in [0.29, 0.717) is 17.1 Å². The smallest absolute Gasteiger partial charge is 0.231 e. The van der Waals surface area contributed by atoms with Gasteiger partial charge in [-0.1, -0.05) is 0 Å². The molecule has 3 rings (SSSR count). The number of nitrogens with one attached hydrogen (secondary N) is 2. The Balaban J connectivity index is 1.61. The summed E-state index contributed by atoms with van der Waals surface area (Å²) in [4.78, 5) is 11.5. The molecule has 0 aliphatic carbocycles. The predicted octanol–water partition coefficient (Wildman–Crippen LogP) is 2.63. The third kappa shape index (κ3) is 4.54. The molecule has 2 aliphatic heterocycles. The van der Waals surface area contributed by atoms with Crippen LogP contribution in [0.5, 0.6) is 0 Å². The maximum atomic E-state index is 5.60. The van der Waals surface area contributed by atoms with Gasteiger partial charge in [-0.25, -0.2) is 4.98 Å². The average Bonchev–Trinajstić information content (AvgIpc) is 3.06. The largest absolute Gasteiger partial charge is 0.376 e. The van der Waals surface area contributed by atoms with Crippen LogP contribution in [0.3, 0.4) is 0 Å². The molecule has 132 valence electrons. The summed E-state index contributed by atoms with van der Waals surface area (Å²) in [7, 11) is 0. The van der Waals surface area contributed by atoms with Crippen LogP contribution in [-0.4, -0.2) is 46.9 Å². The standard InChI is InChI=1S/C17H27N5OS/c1-12-10-15(22-8-4-3-6-13(22)2)20-16(19-12)21-17(24)18-11-14-7-5-9-23-14/h10,13-14H,3-9,11H2,1-2H3,(H2,18,19,20,21,24)/t13-,14-/m0/s1. The molecule has 0 amide bonds. The Labute approximate surface area is 149 Å². The van der Waals surface area contributed by atoms with E-state index in [1.807, 2.05) is 6.92 Å². The number of aromatic nitrogens is 2. The van der Waals surface area contributed by atoms with Gasteiger partial charge in [0.1, 0.15) is 5.82 Å². The molecule has 0 radical (unpaired) electrons. The van der Waals surface area contributed by atoms with Gasteiger partial charge in [-0.2, -0.15) is 4.98 Å². The molecular formula is C17H27N5OS. The first-order valence-electron chi connectivity index (χ1n) is 8.90. The lowest BCUT2D eigenvalue weighted by Gasteiger charge is -2.34. The Morgan fingerprint density at radius 1 is 1.33 bits per heavy atom. The zero-order chi connectivity index (χ0) is 16.9. The second-order valence-corrected chi connectivity index (χ2v) is 7.11. The van der Waals surface area contributed by atoms with Crippen molar-refractivity contribution in [3.63, 3.8) is 0 Å². The third-order valence-corrected chi connectivity index (χ3v) is 4.92. The van der Waals surface area contributed by atoms with Gasteiger partial charge in [-0.05, 0) is 58.2 Å². The number of ether oxygens (including phenoxy) is 1. The Morgan fingerprint density at radius 3 is 2.96 bits per heavy atom. The van der Waals surface area contributed by atoms with Crippen molar-refractivity contribution in [1.29, 1.82) is 0 Å². The molecule has 3 heterocycles. The van der Waals surface area contributed by atoms with Crippen LogP contribution < -0.4 is 15.5 Å². The minimum Gasteiger partial charge on any atom is -0.376 e. The van der Waals surface area contributed by atoms with E-state index >= 15 is 0 Å². The number of piperidine rings is 1. The number of nitrogens with zero attached hydrogens (tertiary/aromatic N) is 3. The molecule has 0 saturated carbocycles. The van der Waals surface area contributed by atoms with Crippen molar-refractivity contribution in [2.75, 3.05) is 29.9 Å². The first-order valence-corrected chi connectivity index (χ1v) is 9.31. The molecule has 1 aromatic rings. The molecule has 2 fully saturated rings. The number of aryl methyl sites for hydroxylation is 1. The van der Waals surface area contributed by atoms with E-state index < -0.39 is 0 Å². The normalized spacial score (nSPS) is 24.0. The van der Waals surface area contributed by atoms with E-state index in [-0.39, 0.29) is 6.10 Å². The highest BCUT2D eigenvalue weighted by Gasteiger charge is 2.21. The number of anilines is 2. The Kier molecular flexibility index (Phi) is 5.84. The molecule has 24 heavy (non-hydrogen) atoms. The quantitative estimate of drug-likeness (QED) is 0.810. The molecule has 2 saturated heterocycles. The Hall–Kier alpha value is -1.47. The van der Waals surface area contributed by atoms with E-state index in [0.717, 1.165) is 44.0 Å². The molecule has 2 N–H and O–H groups in total. The zero-order valence-corrected chi connectivity index (χ0v) is 15.4. The topological polar surface area (TPSA) is 62.3 Å². The highest BCUT2D eigenvalue weighted by Crippen LogP contribution is 2.24. The van der Waals surface area contributed by atoms with Crippen LogP contribution in [0.4, 0.5) is 11.8 Å². The van der Waals surface area contributed by atoms with Crippen molar-refractivity contribution in [2.45, 2.75) is 58.1 Å². The molecule has 2 atom stereocenters. The monoisotopic (exact) mass is 349 g/mol. The van der Waals surface area contributed by atoms with Gasteiger partial charge in [0.15, 0.2) is 5.11 Å². The van der Waals surface area contributed by atoms with Crippen LogP contribution in [0.25, 0.3) is 0 Å². The molecule has 0 bridgehead atoms. The summed E-state index contributed by atoms with van der Waals surface area (Å²) in [6.07, 6.45) is 6.21. The molecular weight excluding hydrogens is 322 g/mol. The van der Waals surface area contributed by atoms with Crippen molar-refractivity contribution < 1.29 is 4.74 Å². The van der Waals surface area contributed by atoms with Crippen molar-refractivity contribution in [3.05, 3.63) is 11.8 Å². The lowest BCUT2D eigenvalue weighted by atomic mass is 10.0. The minimum atomic E-state index is 0.257. The summed E-state index contributed by atoms with van der Waals surface area (Å²) in [6, 6.07) is 2.57. The van der Waals surface area contributed by atoms with Crippen molar-refractivity contribution in [1.82, 2.24) is 15.3 Å². The predicted molar refractivity (Wildman–Crippen MR) is 101 cm³/mol. The number of thiocarbonyl (C=S) groups is 1. The van der Waals surface area contributed by atoms with Crippen LogP contribution in [0.2, 0.25) is 0 Å². The summed E-state index contributed by atoms with van der Waals surface area (Å²) in [5.41, 5.74) is 0.946. The molecule has 2 aliphatic rings. The highest BCUT2D eigenvalue weighted by molar-refractivity contribution is 7.80. The van der Waals surface area contributed by atoms with E-state index in [1.165, 1.54) is 19.3 Å². The summed E-state index contributed by atoms with van der Waals surface area (Å²) in [5, 5.41) is 6.87. The van der Waals surface area contributed by atoms with E-state index in [9.17, 15) is 0 Å². The van der Waals surface area contributed by atoms with Gasteiger partial charge in [0.05, 0.1) is 6.10 Å². The van der Waals surface area contributed by atoms with Crippen LogP contribution in [0.15, 0.2) is 6.07 Å². The number of hydrogen-bond donors (Lipinski definition) is 2. The van der Waals surface area contributed by atoms with Crippen molar-refractivity contribution in [3.8, 4) is 0 Å². The highest BCUT2D eigenvalue weighted by atomic mass is 32.1. The van der Waals surface area contributed by atoms with E-state index in [1.54, 1.807) is 0 Å². The molecule has 7 heteroatoms. The number of hydrogen-bond acceptors (Lipinski definition) is 5. The third-order valence-electron chi connectivity index (χ3n) is 4.68. The fourth-order valence-corrected chi connectivity index (χ4v) is 3.53. The van der Waals surface area contributed by atoms with Gasteiger partial charge < -0.3 is 20.3 Å². The minimum absolute atomic E-state index is 0.257. The van der Waals surface area contributed by atoms with E-state index in [2.05, 4.69) is 38.5 Å². The Morgan fingerprint density at radius 2 is 2.21 bits per heavy atom. The van der Waals surface area contributed by atoms with Gasteiger partial charge in [0, 0.05) is 37.5 Å². The SMILES string of the molecule is Cc1cc(N2CCCC[C@@H]2C)nc(NC(=S)NC[C@@H]2CCCO2)n1. The summed E-state index contributed by atoms with van der Waals surface area (Å²) < 4.78 is 5.60. The van der Waals surface area contributed by atoms with Crippen LogP contribution >= 0.6 is 12.2 Å². The first-order chi connectivity index (χ1) is 11.6. The summed E-state index contributed by atoms with van der Waals surface area (Å²) in [6.45, 7) is 6.89. The fourth-order valence-electron chi connectivity index (χ4n) is 3.35. The van der Waals surface area contributed by atoms with Gasteiger partial charge >= 0.3 is 0 Å². The van der Waals surface area contributed by atoms with Crippen LogP contribution in [0, 0.1) is 6.92 Å². The van der Waals surface area contributed by atoms with Crippen molar-refractivity contribution >= 4 is 29.1 Å². The maximum Gasteiger partial charge on any atom is 0.231 e. The summed E-state index contributed by atoms with van der Waals surface area (Å²) >= 11 is 5.37. The lowest BCUT2D eigenvalue weighted by molar-refractivity contribution is 0.114. The molecule has 0 aromatic carbocycles. The second kappa shape index (κ2) is 8.07. The Bertz CT molecular complexity index is 576. The van der Waals surface area contributed by atoms with Crippen molar-refractivity contribution in [2.24, 2.45) is 0 Å². The average molecular weight is 350 g/mol. The zero-order valence-electron chi connectivity index (χ0n) is 14.5. The fraction of sp³-hybridized carbons (Fsp3) is 0.706. The number of rotatable bonds is 4. The van der Waals surface area contributed by atoms with Gasteiger partial charge in [-0.15, -0.1) is 0 Å². The molecule has 1 aromatic heterocycles. The molecule has 6 nitrogen and oxygen atoms in total. The van der Waals surface area contributed by atoms with Crippen LogP contribution in [0.1, 0.15) is 44.7 Å². The molecule has 0 spiro atoms. The lowest BCUT2D eigenvalue weighted by Crippen LogP contribution is -2.38. The van der Waals surface area contributed by atoms with Gasteiger partial charge in [0.2, 0.25) is 5.95 Å². The van der Waals surface area contributed by atoms with Gasteiger partial charge in [-0.3, -0.25) is 0 Å². The maximum absolute atomic E-state index is 5.60. The summed E-state index contributed by atoms with van der Waals surface area (Å²) in [5.74, 6) is 1.55. The van der Waals surface area contributed by atoms with E-state index in [4.69, 9.17) is 17.0 Å².